The Bertz CT molecular complexity index is 57.1. The van der Waals surface area contributed by atoms with E-state index >= 15 is 0 Å². The fraction of sp³-hybridized carbons (Fsp3) is 1.00. The van der Waals surface area contributed by atoms with E-state index in [1.54, 1.807) is 0 Å². The lowest BCUT2D eigenvalue weighted by Crippen LogP contribution is -2.28. The van der Waals surface area contributed by atoms with Crippen LogP contribution in [0.4, 0.5) is 0 Å². The largest absolute Gasteiger partial charge is 0.253 e. The van der Waals surface area contributed by atoms with Crippen molar-refractivity contribution >= 4 is 0 Å². The van der Waals surface area contributed by atoms with Crippen LogP contribution in [0.1, 0.15) is 13.8 Å². The van der Waals surface area contributed by atoms with Crippen molar-refractivity contribution in [2.45, 2.75) is 19.9 Å². The van der Waals surface area contributed by atoms with Crippen LogP contribution < -0.4 is 5.43 Å². The van der Waals surface area contributed by atoms with Crippen molar-refractivity contribution in [2.75, 3.05) is 13.1 Å². The maximum Gasteiger partial charge on any atom is 0.0273 e. The molecule has 0 aromatic carbocycles. The van der Waals surface area contributed by atoms with E-state index < -0.39 is 0 Å². The lowest BCUT2D eigenvalue weighted by molar-refractivity contribution is 0.359. The van der Waals surface area contributed by atoms with E-state index in [2.05, 4.69) is 24.3 Å². The first-order chi connectivity index (χ1) is 3.29. The summed E-state index contributed by atoms with van der Waals surface area (Å²) < 4.78 is 0. The molecule has 0 aliphatic carbocycles. The summed E-state index contributed by atoms with van der Waals surface area (Å²) in [6.07, 6.45) is 0. The van der Waals surface area contributed by atoms with Crippen LogP contribution in [0.5, 0.6) is 0 Å². The molecule has 1 aliphatic heterocycles. The highest BCUT2D eigenvalue weighted by molar-refractivity contribution is 4.68. The Labute approximate surface area is 44.5 Å². The monoisotopic (exact) mass is 100 g/mol. The van der Waals surface area contributed by atoms with Crippen LogP contribution in [0, 0.1) is 0 Å². The van der Waals surface area contributed by atoms with Crippen LogP contribution in [-0.2, 0) is 0 Å². The van der Waals surface area contributed by atoms with E-state index in [1.807, 2.05) is 0 Å². The first-order valence-corrected chi connectivity index (χ1v) is 2.80. The van der Waals surface area contributed by atoms with Crippen molar-refractivity contribution in [2.24, 2.45) is 0 Å². The molecule has 0 spiro atoms. The average Bonchev–Trinajstić information content (AvgIpc) is 2.17. The average molecular weight is 100 g/mol. The van der Waals surface area contributed by atoms with Crippen molar-refractivity contribution in [3.8, 4) is 0 Å². The van der Waals surface area contributed by atoms with E-state index in [0.717, 1.165) is 0 Å². The highest BCUT2D eigenvalue weighted by Gasteiger charge is 2.16. The molecule has 0 amide bonds. The molecule has 1 saturated heterocycles. The summed E-state index contributed by atoms with van der Waals surface area (Å²) in [5.41, 5.74) is 3.25. The summed E-state index contributed by atoms with van der Waals surface area (Å²) in [4.78, 5) is 0. The van der Waals surface area contributed by atoms with Crippen LogP contribution in [0.3, 0.4) is 0 Å². The molecular formula is C5H12N2. The standard InChI is InChI=1S/C5H12N2/c1-5(2)6-7-3-4-7/h5-6H,3-4H2,1-2H3. The van der Waals surface area contributed by atoms with Crippen LogP contribution in [0.2, 0.25) is 0 Å². The van der Waals surface area contributed by atoms with E-state index in [0.29, 0.717) is 6.04 Å². The van der Waals surface area contributed by atoms with Gasteiger partial charge < -0.3 is 0 Å². The van der Waals surface area contributed by atoms with Crippen LogP contribution in [0.25, 0.3) is 0 Å². The SMILES string of the molecule is CC(C)NN1CC1. The topological polar surface area (TPSA) is 15.0 Å². The summed E-state index contributed by atoms with van der Waals surface area (Å²) in [5.74, 6) is 0. The molecular weight excluding hydrogens is 88.1 g/mol. The Morgan fingerprint density at radius 3 is 2.14 bits per heavy atom. The minimum atomic E-state index is 0.613. The Morgan fingerprint density at radius 2 is 2.00 bits per heavy atom. The second kappa shape index (κ2) is 1.80. The lowest BCUT2D eigenvalue weighted by Gasteiger charge is -2.05. The highest BCUT2D eigenvalue weighted by Crippen LogP contribution is 1.97. The van der Waals surface area contributed by atoms with E-state index in [-0.39, 0.29) is 0 Å². The second-order valence-electron chi connectivity index (χ2n) is 2.27. The molecule has 0 bridgehead atoms. The number of nitrogens with one attached hydrogen (secondary N) is 1. The summed E-state index contributed by atoms with van der Waals surface area (Å²) in [7, 11) is 0. The van der Waals surface area contributed by atoms with Gasteiger partial charge in [0.2, 0.25) is 0 Å². The van der Waals surface area contributed by atoms with Gasteiger partial charge in [-0.25, -0.2) is 5.01 Å². The minimum absolute atomic E-state index is 0.613. The summed E-state index contributed by atoms with van der Waals surface area (Å²) in [6, 6.07) is 0.613. The van der Waals surface area contributed by atoms with Gasteiger partial charge in [-0.3, -0.25) is 5.43 Å². The summed E-state index contributed by atoms with van der Waals surface area (Å²) in [6.45, 7) is 6.77. The number of rotatable bonds is 2. The molecule has 0 saturated carbocycles. The number of hydrazine groups is 1. The zero-order valence-corrected chi connectivity index (χ0v) is 4.94. The molecule has 1 fully saturated rings. The molecule has 1 rings (SSSR count). The molecule has 2 heteroatoms. The van der Waals surface area contributed by atoms with Crippen molar-refractivity contribution in [1.82, 2.24) is 10.4 Å². The van der Waals surface area contributed by atoms with Crippen molar-refractivity contribution < 1.29 is 0 Å². The molecule has 1 N–H and O–H groups in total. The predicted molar refractivity (Wildman–Crippen MR) is 29.8 cm³/mol. The minimum Gasteiger partial charge on any atom is -0.253 e. The Balaban J connectivity index is 1.97. The molecule has 1 aliphatic rings. The molecule has 0 radical (unpaired) electrons. The first-order valence-electron chi connectivity index (χ1n) is 2.80. The summed E-state index contributed by atoms with van der Waals surface area (Å²) in [5, 5.41) is 2.20. The number of hydrogen-bond acceptors (Lipinski definition) is 2. The van der Waals surface area contributed by atoms with E-state index in [1.165, 1.54) is 13.1 Å². The fourth-order valence-corrected chi connectivity index (χ4v) is 0.544. The van der Waals surface area contributed by atoms with Gasteiger partial charge in [0.15, 0.2) is 0 Å². The van der Waals surface area contributed by atoms with Gasteiger partial charge >= 0.3 is 0 Å². The van der Waals surface area contributed by atoms with Gasteiger partial charge in [-0.05, 0) is 13.8 Å². The third-order valence-corrected chi connectivity index (χ3v) is 0.888. The first kappa shape index (κ1) is 5.06. The Morgan fingerprint density at radius 1 is 1.43 bits per heavy atom. The van der Waals surface area contributed by atoms with Gasteiger partial charge in [0.25, 0.3) is 0 Å². The molecule has 1 heterocycles. The number of nitrogens with zero attached hydrogens (tertiary/aromatic N) is 1. The lowest BCUT2D eigenvalue weighted by atomic mass is 10.4. The maximum absolute atomic E-state index is 3.25. The maximum atomic E-state index is 3.25. The molecule has 0 aromatic rings. The predicted octanol–water partition coefficient (Wildman–Crippen LogP) is 0.215. The Hall–Kier alpha value is -0.0800. The molecule has 7 heavy (non-hydrogen) atoms. The van der Waals surface area contributed by atoms with Gasteiger partial charge in [-0.2, -0.15) is 0 Å². The molecule has 2 nitrogen and oxygen atoms in total. The highest BCUT2D eigenvalue weighted by atomic mass is 15.6. The molecule has 0 atom stereocenters. The second-order valence-corrected chi connectivity index (χ2v) is 2.27. The van der Waals surface area contributed by atoms with Gasteiger partial charge in [0.05, 0.1) is 0 Å². The molecule has 0 unspecified atom stereocenters. The third-order valence-electron chi connectivity index (χ3n) is 0.888. The zero-order chi connectivity index (χ0) is 5.28. The van der Waals surface area contributed by atoms with Crippen molar-refractivity contribution in [3.63, 3.8) is 0 Å². The van der Waals surface area contributed by atoms with Gasteiger partial charge in [0.1, 0.15) is 0 Å². The van der Waals surface area contributed by atoms with Gasteiger partial charge in [-0.1, -0.05) is 0 Å². The zero-order valence-electron chi connectivity index (χ0n) is 4.94. The van der Waals surface area contributed by atoms with Gasteiger partial charge in [0, 0.05) is 19.1 Å². The van der Waals surface area contributed by atoms with E-state index in [9.17, 15) is 0 Å². The quantitative estimate of drug-likeness (QED) is 0.499. The van der Waals surface area contributed by atoms with Crippen molar-refractivity contribution in [3.05, 3.63) is 0 Å². The van der Waals surface area contributed by atoms with Crippen molar-refractivity contribution in [1.29, 1.82) is 0 Å². The third kappa shape index (κ3) is 1.90. The van der Waals surface area contributed by atoms with Crippen LogP contribution in [0.15, 0.2) is 0 Å². The normalized spacial score (nSPS) is 21.0. The smallest absolute Gasteiger partial charge is 0.0273 e. The van der Waals surface area contributed by atoms with E-state index in [4.69, 9.17) is 0 Å². The molecule has 0 aromatic heterocycles. The Kier molecular flexibility index (Phi) is 1.30. The van der Waals surface area contributed by atoms with Crippen LogP contribution in [-0.4, -0.2) is 24.1 Å². The number of hydrogen-bond donors (Lipinski definition) is 1. The molecule has 42 valence electrons. The van der Waals surface area contributed by atoms with Crippen LogP contribution >= 0.6 is 0 Å². The van der Waals surface area contributed by atoms with Gasteiger partial charge in [-0.15, -0.1) is 0 Å². The fourth-order valence-electron chi connectivity index (χ4n) is 0.544. The summed E-state index contributed by atoms with van der Waals surface area (Å²) >= 11 is 0.